The molecule has 0 aromatic carbocycles. The molecule has 6 heteroatoms. The first-order valence-corrected chi connectivity index (χ1v) is 6.03. The molecule has 0 saturated carbocycles. The Morgan fingerprint density at radius 2 is 2.35 bits per heavy atom. The Labute approximate surface area is 111 Å². The third-order valence-corrected chi connectivity index (χ3v) is 3.44. The number of ether oxygens (including phenoxy) is 1. The van der Waals surface area contributed by atoms with Gasteiger partial charge < -0.3 is 14.1 Å². The van der Waals surface area contributed by atoms with Gasteiger partial charge in [-0.15, -0.1) is 0 Å². The van der Waals surface area contributed by atoms with E-state index in [-0.39, 0.29) is 5.56 Å². The highest BCUT2D eigenvalue weighted by Gasteiger charge is 2.12. The molecule has 0 atom stereocenters. The Morgan fingerprint density at radius 3 is 2.94 bits per heavy atom. The molecule has 0 saturated heterocycles. The number of H-pyrrole nitrogens is 1. The van der Waals surface area contributed by atoms with Gasteiger partial charge >= 0.3 is 0 Å². The number of rotatable bonds is 3. The fourth-order valence-corrected chi connectivity index (χ4v) is 1.91. The van der Waals surface area contributed by atoms with E-state index in [1.54, 1.807) is 19.4 Å². The van der Waals surface area contributed by atoms with Gasteiger partial charge in [0.25, 0.3) is 5.56 Å². The van der Waals surface area contributed by atoms with Crippen LogP contribution in [0.5, 0.6) is 0 Å². The largest absolute Gasteiger partial charge is 0.469 e. The third-order valence-electron chi connectivity index (χ3n) is 2.33. The molecular weight excluding hydrogens is 335 g/mol. The fraction of sp³-hybridized carbons (Fsp3) is 0.273. The van der Waals surface area contributed by atoms with Crippen molar-refractivity contribution in [2.75, 3.05) is 7.11 Å². The Morgan fingerprint density at radius 1 is 1.59 bits per heavy atom. The van der Waals surface area contributed by atoms with Crippen molar-refractivity contribution in [3.63, 3.8) is 0 Å². The molecule has 0 unspecified atom stereocenters. The molecule has 2 aromatic heterocycles. The van der Waals surface area contributed by atoms with Crippen LogP contribution in [0, 0.1) is 10.5 Å². The van der Waals surface area contributed by atoms with E-state index >= 15 is 0 Å². The zero-order chi connectivity index (χ0) is 12.4. The topological polar surface area (TPSA) is 68.1 Å². The van der Waals surface area contributed by atoms with Gasteiger partial charge in [-0.3, -0.25) is 4.79 Å². The minimum Gasteiger partial charge on any atom is -0.469 e. The van der Waals surface area contributed by atoms with Gasteiger partial charge in [0.05, 0.1) is 24.1 Å². The highest BCUT2D eigenvalue weighted by atomic mass is 127. The molecule has 5 nitrogen and oxygen atoms in total. The predicted molar refractivity (Wildman–Crippen MR) is 70.7 cm³/mol. The van der Waals surface area contributed by atoms with Crippen LogP contribution in [0.1, 0.15) is 11.5 Å². The summed E-state index contributed by atoms with van der Waals surface area (Å²) in [6, 6.07) is 1.77. The molecule has 2 heterocycles. The van der Waals surface area contributed by atoms with E-state index < -0.39 is 0 Å². The van der Waals surface area contributed by atoms with Crippen molar-refractivity contribution in [1.29, 1.82) is 0 Å². The average Bonchev–Trinajstić information content (AvgIpc) is 2.71. The van der Waals surface area contributed by atoms with Crippen molar-refractivity contribution in [3.05, 3.63) is 37.7 Å². The van der Waals surface area contributed by atoms with Gasteiger partial charge in [-0.05, 0) is 35.6 Å². The van der Waals surface area contributed by atoms with Gasteiger partial charge in [0.1, 0.15) is 15.2 Å². The normalized spacial score (nSPS) is 10.8. The van der Waals surface area contributed by atoms with Crippen molar-refractivity contribution in [2.45, 2.75) is 13.5 Å². The summed E-state index contributed by atoms with van der Waals surface area (Å²) in [7, 11) is 1.57. The molecule has 0 amide bonds. The molecule has 2 rings (SSSR count). The number of aromatic amines is 1. The quantitative estimate of drug-likeness (QED) is 0.865. The van der Waals surface area contributed by atoms with Gasteiger partial charge in [0, 0.05) is 7.11 Å². The maximum Gasteiger partial charge on any atom is 0.264 e. The third kappa shape index (κ3) is 2.42. The Kier molecular flexibility index (Phi) is 3.63. The number of furan rings is 1. The lowest BCUT2D eigenvalue weighted by Crippen LogP contribution is -2.16. The van der Waals surface area contributed by atoms with Gasteiger partial charge in [0.2, 0.25) is 0 Å². The van der Waals surface area contributed by atoms with E-state index in [0.717, 1.165) is 11.3 Å². The molecular formula is C11H11IN2O3. The van der Waals surface area contributed by atoms with Crippen LogP contribution in [0.25, 0.3) is 11.4 Å². The molecule has 0 radical (unpaired) electrons. The van der Waals surface area contributed by atoms with Crippen LogP contribution < -0.4 is 5.56 Å². The average molecular weight is 346 g/mol. The second-order valence-corrected chi connectivity index (χ2v) is 4.58. The van der Waals surface area contributed by atoms with E-state index in [1.165, 1.54) is 0 Å². The van der Waals surface area contributed by atoms with Gasteiger partial charge in [-0.1, -0.05) is 0 Å². The number of hydrogen-bond acceptors (Lipinski definition) is 4. The molecule has 1 N–H and O–H groups in total. The summed E-state index contributed by atoms with van der Waals surface area (Å²) >= 11 is 1.96. The molecule has 0 bridgehead atoms. The van der Waals surface area contributed by atoms with Crippen LogP contribution in [0.4, 0.5) is 0 Å². The summed E-state index contributed by atoms with van der Waals surface area (Å²) in [6.07, 6.45) is 1.57. The van der Waals surface area contributed by atoms with Crippen molar-refractivity contribution >= 4 is 22.6 Å². The van der Waals surface area contributed by atoms with Crippen LogP contribution in [0.3, 0.4) is 0 Å². The fourth-order valence-electron chi connectivity index (χ4n) is 1.50. The second kappa shape index (κ2) is 5.01. The number of methoxy groups -OCH3 is 1. The number of hydrogen-bond donors (Lipinski definition) is 1. The molecule has 0 aliphatic rings. The van der Waals surface area contributed by atoms with Crippen molar-refractivity contribution < 1.29 is 9.15 Å². The summed E-state index contributed by atoms with van der Waals surface area (Å²) in [6.45, 7) is 2.13. The minimum atomic E-state index is -0.164. The first-order chi connectivity index (χ1) is 8.13. The highest BCUT2D eigenvalue weighted by Crippen LogP contribution is 2.20. The maximum absolute atomic E-state index is 11.8. The molecule has 0 spiro atoms. The number of halogens is 1. The minimum absolute atomic E-state index is 0.164. The lowest BCUT2D eigenvalue weighted by molar-refractivity contribution is 0.180. The van der Waals surface area contributed by atoms with Crippen LogP contribution in [0.2, 0.25) is 0 Å². The Bertz CT molecular complexity index is 589. The predicted octanol–water partition coefficient (Wildman–Crippen LogP) is 2.09. The summed E-state index contributed by atoms with van der Waals surface area (Å²) < 4.78 is 10.8. The lowest BCUT2D eigenvalue weighted by Gasteiger charge is -2.05. The van der Waals surface area contributed by atoms with Crippen LogP contribution in [-0.4, -0.2) is 17.1 Å². The second-order valence-electron chi connectivity index (χ2n) is 3.50. The summed E-state index contributed by atoms with van der Waals surface area (Å²) in [5.41, 5.74) is 1.26. The van der Waals surface area contributed by atoms with Gasteiger partial charge in [0.15, 0.2) is 0 Å². The standard InChI is InChI=1S/C11H11IN2O3/c1-6-7(3-4-17-6)10-13-8(5-16-2)9(12)11(15)14-10/h3-4H,5H2,1-2H3,(H,13,14,15). The lowest BCUT2D eigenvalue weighted by atomic mass is 10.2. The van der Waals surface area contributed by atoms with Crippen molar-refractivity contribution in [2.24, 2.45) is 0 Å². The van der Waals surface area contributed by atoms with E-state index in [9.17, 15) is 4.79 Å². The van der Waals surface area contributed by atoms with Gasteiger partial charge in [-0.25, -0.2) is 4.98 Å². The van der Waals surface area contributed by atoms with E-state index in [1.807, 2.05) is 29.5 Å². The molecule has 0 aliphatic heterocycles. The molecule has 0 fully saturated rings. The molecule has 2 aromatic rings. The SMILES string of the molecule is COCc1nc(-c2ccoc2C)[nH]c(=O)c1I. The first-order valence-electron chi connectivity index (χ1n) is 4.95. The summed E-state index contributed by atoms with van der Waals surface area (Å²) in [5.74, 6) is 1.23. The van der Waals surface area contributed by atoms with Crippen molar-refractivity contribution in [1.82, 2.24) is 9.97 Å². The van der Waals surface area contributed by atoms with E-state index in [0.29, 0.717) is 21.7 Å². The number of aromatic nitrogens is 2. The van der Waals surface area contributed by atoms with E-state index in [2.05, 4.69) is 9.97 Å². The Hall–Kier alpha value is -1.15. The maximum atomic E-state index is 11.8. The van der Waals surface area contributed by atoms with Crippen LogP contribution in [-0.2, 0) is 11.3 Å². The first kappa shape index (κ1) is 12.3. The number of nitrogens with one attached hydrogen (secondary N) is 1. The van der Waals surface area contributed by atoms with Crippen LogP contribution in [0.15, 0.2) is 21.5 Å². The Balaban J connectivity index is 2.57. The molecule has 90 valence electrons. The van der Waals surface area contributed by atoms with Crippen LogP contribution >= 0.6 is 22.6 Å². The molecule has 17 heavy (non-hydrogen) atoms. The van der Waals surface area contributed by atoms with Gasteiger partial charge in [-0.2, -0.15) is 0 Å². The number of nitrogens with zero attached hydrogens (tertiary/aromatic N) is 1. The molecule has 0 aliphatic carbocycles. The monoisotopic (exact) mass is 346 g/mol. The number of aryl methyl sites for hydroxylation is 1. The summed E-state index contributed by atoms with van der Waals surface area (Å²) in [5, 5.41) is 0. The zero-order valence-corrected chi connectivity index (χ0v) is 11.6. The van der Waals surface area contributed by atoms with Crippen molar-refractivity contribution in [3.8, 4) is 11.4 Å². The summed E-state index contributed by atoms with van der Waals surface area (Å²) in [4.78, 5) is 18.9. The highest BCUT2D eigenvalue weighted by molar-refractivity contribution is 14.1. The zero-order valence-electron chi connectivity index (χ0n) is 9.41. The van der Waals surface area contributed by atoms with E-state index in [4.69, 9.17) is 9.15 Å². The smallest absolute Gasteiger partial charge is 0.264 e.